The van der Waals surface area contributed by atoms with E-state index in [0.717, 1.165) is 22.5 Å². The number of rotatable bonds is 4. The van der Waals surface area contributed by atoms with Crippen molar-refractivity contribution in [1.29, 1.82) is 0 Å². The number of nitrogens with zero attached hydrogens (tertiary/aromatic N) is 4. The first-order valence-electron chi connectivity index (χ1n) is 8.32. The normalized spacial score (nSPS) is 17.8. The Balaban J connectivity index is 1.55. The molecule has 0 N–H and O–H groups in total. The Hall–Kier alpha value is -2.51. The topological polar surface area (TPSA) is 75.2 Å². The molecule has 1 unspecified atom stereocenters. The molecule has 3 heterocycles. The summed E-state index contributed by atoms with van der Waals surface area (Å²) < 4.78 is 18.3. The van der Waals surface area contributed by atoms with Gasteiger partial charge in [0, 0.05) is 11.3 Å². The molecule has 0 saturated carbocycles. The van der Waals surface area contributed by atoms with E-state index in [4.69, 9.17) is 14.0 Å². The maximum Gasteiger partial charge on any atom is 0.258 e. The van der Waals surface area contributed by atoms with Gasteiger partial charge in [0.15, 0.2) is 6.10 Å². The number of hydrogen-bond donors (Lipinski definition) is 0. The summed E-state index contributed by atoms with van der Waals surface area (Å²) in [7, 11) is 0. The highest BCUT2D eigenvalue weighted by molar-refractivity contribution is 5.55. The molecule has 25 heavy (non-hydrogen) atoms. The van der Waals surface area contributed by atoms with Gasteiger partial charge in [-0.05, 0) is 31.5 Å². The molecule has 7 heteroatoms. The Labute approximate surface area is 145 Å². The van der Waals surface area contributed by atoms with Crippen molar-refractivity contribution < 1.29 is 14.0 Å². The Kier molecular flexibility index (Phi) is 4.33. The first-order chi connectivity index (χ1) is 12.2. The summed E-state index contributed by atoms with van der Waals surface area (Å²) in [6.07, 6.45) is -0.284. The van der Waals surface area contributed by atoms with Crippen LogP contribution in [0.3, 0.4) is 0 Å². The van der Waals surface area contributed by atoms with E-state index in [1.807, 2.05) is 23.7 Å². The fraction of sp³-hybridized carbons (Fsp3) is 0.389. The van der Waals surface area contributed by atoms with Crippen LogP contribution in [0.4, 0.5) is 0 Å². The smallest absolute Gasteiger partial charge is 0.258 e. The van der Waals surface area contributed by atoms with Gasteiger partial charge in [0.2, 0.25) is 5.82 Å². The summed E-state index contributed by atoms with van der Waals surface area (Å²) >= 11 is 0. The number of hydrogen-bond acceptors (Lipinski definition) is 6. The summed E-state index contributed by atoms with van der Waals surface area (Å²) in [6, 6.07) is 10.2. The van der Waals surface area contributed by atoms with E-state index < -0.39 is 0 Å². The van der Waals surface area contributed by atoms with E-state index in [1.165, 1.54) is 0 Å². The average molecular weight is 340 g/mol. The maximum absolute atomic E-state index is 5.60. The molecule has 0 aliphatic carbocycles. The fourth-order valence-corrected chi connectivity index (χ4v) is 2.93. The van der Waals surface area contributed by atoms with Crippen molar-refractivity contribution in [3.05, 3.63) is 53.2 Å². The monoisotopic (exact) mass is 340 g/mol. The van der Waals surface area contributed by atoms with E-state index in [0.29, 0.717) is 38.1 Å². The molecule has 130 valence electrons. The van der Waals surface area contributed by atoms with Gasteiger partial charge in [-0.2, -0.15) is 10.1 Å². The minimum atomic E-state index is -0.284. The highest BCUT2D eigenvalue weighted by atomic mass is 16.6. The van der Waals surface area contributed by atoms with Crippen LogP contribution in [0.1, 0.15) is 28.9 Å². The number of ether oxygens (including phenoxy) is 2. The fourth-order valence-electron chi connectivity index (χ4n) is 2.93. The Bertz CT molecular complexity index is 865. The lowest BCUT2D eigenvalue weighted by molar-refractivity contribution is -0.101. The van der Waals surface area contributed by atoms with Crippen LogP contribution in [0.5, 0.6) is 0 Å². The van der Waals surface area contributed by atoms with E-state index in [-0.39, 0.29) is 6.10 Å². The molecule has 0 bridgehead atoms. The maximum atomic E-state index is 5.60. The van der Waals surface area contributed by atoms with Crippen LogP contribution >= 0.6 is 0 Å². The Morgan fingerprint density at radius 3 is 2.88 bits per heavy atom. The zero-order chi connectivity index (χ0) is 17.2. The highest BCUT2D eigenvalue weighted by Gasteiger charge is 2.23. The molecule has 1 aliphatic heterocycles. The van der Waals surface area contributed by atoms with Gasteiger partial charge in [-0.25, -0.2) is 0 Å². The SMILES string of the molecule is Cc1cc(C)n(Cc2cccc(-c3noc(C4COCCO4)n3)c2)n1. The van der Waals surface area contributed by atoms with Gasteiger partial charge in [0.1, 0.15) is 0 Å². The van der Waals surface area contributed by atoms with Crippen molar-refractivity contribution in [3.63, 3.8) is 0 Å². The number of aromatic nitrogens is 4. The standard InChI is InChI=1S/C18H20N4O3/c1-12-8-13(2)22(20-12)10-14-4-3-5-15(9-14)17-19-18(25-21-17)16-11-23-6-7-24-16/h3-5,8-9,16H,6-7,10-11H2,1-2H3. The van der Waals surface area contributed by atoms with E-state index >= 15 is 0 Å². The first-order valence-corrected chi connectivity index (χ1v) is 8.32. The molecule has 1 atom stereocenters. The predicted molar refractivity (Wildman–Crippen MR) is 90.0 cm³/mol. The van der Waals surface area contributed by atoms with Crippen LogP contribution < -0.4 is 0 Å². The average Bonchev–Trinajstić information content (AvgIpc) is 3.23. The Morgan fingerprint density at radius 2 is 2.12 bits per heavy atom. The summed E-state index contributed by atoms with van der Waals surface area (Å²) in [5.41, 5.74) is 4.20. The number of benzene rings is 1. The van der Waals surface area contributed by atoms with Gasteiger partial charge in [0.25, 0.3) is 5.89 Å². The van der Waals surface area contributed by atoms with Crippen molar-refractivity contribution in [3.8, 4) is 11.4 Å². The summed E-state index contributed by atoms with van der Waals surface area (Å²) in [4.78, 5) is 4.47. The van der Waals surface area contributed by atoms with Gasteiger partial charge < -0.3 is 14.0 Å². The predicted octanol–water partition coefficient (Wildman–Crippen LogP) is 2.69. The third kappa shape index (κ3) is 3.47. The molecule has 1 saturated heterocycles. The minimum Gasteiger partial charge on any atom is -0.376 e. The molecule has 0 radical (unpaired) electrons. The van der Waals surface area contributed by atoms with Crippen molar-refractivity contribution in [2.75, 3.05) is 19.8 Å². The van der Waals surface area contributed by atoms with Crippen molar-refractivity contribution in [1.82, 2.24) is 19.9 Å². The Morgan fingerprint density at radius 1 is 1.20 bits per heavy atom. The van der Waals surface area contributed by atoms with Crippen LogP contribution in [-0.4, -0.2) is 39.7 Å². The van der Waals surface area contributed by atoms with Crippen molar-refractivity contribution in [2.24, 2.45) is 0 Å². The van der Waals surface area contributed by atoms with E-state index in [9.17, 15) is 0 Å². The second-order valence-corrected chi connectivity index (χ2v) is 6.18. The minimum absolute atomic E-state index is 0.284. The van der Waals surface area contributed by atoms with Crippen LogP contribution in [0.15, 0.2) is 34.9 Å². The zero-order valence-corrected chi connectivity index (χ0v) is 14.3. The molecule has 1 fully saturated rings. The van der Waals surface area contributed by atoms with Gasteiger partial charge in [0.05, 0.1) is 32.1 Å². The summed E-state index contributed by atoms with van der Waals surface area (Å²) in [5, 5.41) is 8.60. The molecule has 4 rings (SSSR count). The molecule has 7 nitrogen and oxygen atoms in total. The molecule has 0 amide bonds. The molecule has 3 aromatic rings. The quantitative estimate of drug-likeness (QED) is 0.727. The van der Waals surface area contributed by atoms with Crippen LogP contribution in [0.2, 0.25) is 0 Å². The third-order valence-electron chi connectivity index (χ3n) is 4.15. The van der Waals surface area contributed by atoms with E-state index in [2.05, 4.69) is 40.4 Å². The van der Waals surface area contributed by atoms with Crippen molar-refractivity contribution >= 4 is 0 Å². The molecule has 1 aromatic carbocycles. The molecule has 2 aromatic heterocycles. The zero-order valence-electron chi connectivity index (χ0n) is 14.3. The lowest BCUT2D eigenvalue weighted by Gasteiger charge is -2.19. The summed E-state index contributed by atoms with van der Waals surface area (Å²) in [5.74, 6) is 1.01. The highest BCUT2D eigenvalue weighted by Crippen LogP contribution is 2.23. The van der Waals surface area contributed by atoms with Crippen molar-refractivity contribution in [2.45, 2.75) is 26.5 Å². The molecule has 1 aliphatic rings. The molecule has 0 spiro atoms. The molecular weight excluding hydrogens is 320 g/mol. The van der Waals surface area contributed by atoms with Crippen LogP contribution in [-0.2, 0) is 16.0 Å². The lowest BCUT2D eigenvalue weighted by Crippen LogP contribution is -2.22. The van der Waals surface area contributed by atoms with Gasteiger partial charge in [-0.15, -0.1) is 0 Å². The summed E-state index contributed by atoms with van der Waals surface area (Å²) in [6.45, 7) is 6.35. The second kappa shape index (κ2) is 6.78. The lowest BCUT2D eigenvalue weighted by atomic mass is 10.1. The largest absolute Gasteiger partial charge is 0.376 e. The first kappa shape index (κ1) is 16.0. The third-order valence-corrected chi connectivity index (χ3v) is 4.15. The van der Waals surface area contributed by atoms with Crippen LogP contribution in [0.25, 0.3) is 11.4 Å². The van der Waals surface area contributed by atoms with Crippen LogP contribution in [0, 0.1) is 13.8 Å². The second-order valence-electron chi connectivity index (χ2n) is 6.18. The van der Waals surface area contributed by atoms with Gasteiger partial charge in [-0.3, -0.25) is 4.68 Å². The number of aryl methyl sites for hydroxylation is 2. The molecular formula is C18H20N4O3. The van der Waals surface area contributed by atoms with Gasteiger partial charge in [-0.1, -0.05) is 23.4 Å². The van der Waals surface area contributed by atoms with Gasteiger partial charge >= 0.3 is 0 Å². The van der Waals surface area contributed by atoms with E-state index in [1.54, 1.807) is 0 Å².